The minimum Gasteiger partial charge on any atom is -0.464 e. The third-order valence-electron chi connectivity index (χ3n) is 4.59. The van der Waals surface area contributed by atoms with Crippen molar-refractivity contribution in [1.29, 1.82) is 0 Å². The number of nitrogens with zero attached hydrogens (tertiary/aromatic N) is 1. The second kappa shape index (κ2) is 6.06. The molecule has 0 unspecified atom stereocenters. The summed E-state index contributed by atoms with van der Waals surface area (Å²) < 4.78 is 4.96. The summed E-state index contributed by atoms with van der Waals surface area (Å²) in [6.45, 7) is 2.01. The van der Waals surface area contributed by atoms with Crippen LogP contribution in [0.1, 0.15) is 27.3 Å². The van der Waals surface area contributed by atoms with Crippen LogP contribution in [0.5, 0.6) is 0 Å². The summed E-state index contributed by atoms with van der Waals surface area (Å²) in [5, 5.41) is 2.14. The van der Waals surface area contributed by atoms with E-state index in [1.165, 1.54) is 7.11 Å². The minimum atomic E-state index is -0.349. The van der Waals surface area contributed by atoms with Crippen LogP contribution in [0.15, 0.2) is 54.6 Å². The average Bonchev–Trinajstić information content (AvgIpc) is 3.00. The number of benzene rings is 2. The number of aryl methyl sites for hydroxylation is 1. The summed E-state index contributed by atoms with van der Waals surface area (Å²) >= 11 is 0. The van der Waals surface area contributed by atoms with Crippen LogP contribution in [0.4, 0.5) is 0 Å². The molecule has 4 nitrogen and oxygen atoms in total. The number of esters is 1. The highest BCUT2D eigenvalue weighted by Gasteiger charge is 2.19. The van der Waals surface area contributed by atoms with E-state index in [4.69, 9.17) is 9.72 Å². The molecule has 4 heteroatoms. The predicted molar refractivity (Wildman–Crippen MR) is 98.9 cm³/mol. The molecular weight excluding hydrogens is 312 g/mol. The highest BCUT2D eigenvalue weighted by molar-refractivity contribution is 5.98. The molecule has 1 N–H and O–H groups in total. The highest BCUT2D eigenvalue weighted by atomic mass is 16.5. The zero-order valence-electron chi connectivity index (χ0n) is 14.2. The van der Waals surface area contributed by atoms with E-state index in [-0.39, 0.29) is 5.97 Å². The van der Waals surface area contributed by atoms with Gasteiger partial charge in [-0.15, -0.1) is 0 Å². The summed E-state index contributed by atoms with van der Waals surface area (Å²) in [5.41, 5.74) is 5.45. The number of ether oxygens (including phenoxy) is 1. The first-order valence-electron chi connectivity index (χ1n) is 8.20. The molecule has 0 amide bonds. The van der Waals surface area contributed by atoms with E-state index in [9.17, 15) is 4.79 Å². The van der Waals surface area contributed by atoms with Crippen LogP contribution in [-0.2, 0) is 11.2 Å². The number of carbonyl (C=O) groups is 1. The van der Waals surface area contributed by atoms with Crippen LogP contribution >= 0.6 is 0 Å². The SMILES string of the molecule is COC(=O)c1[nH]c2ccccc2c1Cc1cc2ccccc2nc1C. The molecule has 2 heterocycles. The van der Waals surface area contributed by atoms with Crippen molar-refractivity contribution < 1.29 is 9.53 Å². The van der Waals surface area contributed by atoms with Gasteiger partial charge in [0.2, 0.25) is 0 Å². The Morgan fingerprint density at radius 3 is 2.72 bits per heavy atom. The number of fused-ring (bicyclic) bond motifs is 2. The van der Waals surface area contributed by atoms with E-state index in [0.29, 0.717) is 12.1 Å². The van der Waals surface area contributed by atoms with Gasteiger partial charge in [-0.1, -0.05) is 36.4 Å². The van der Waals surface area contributed by atoms with E-state index in [0.717, 1.165) is 38.6 Å². The van der Waals surface area contributed by atoms with Gasteiger partial charge in [-0.05, 0) is 36.2 Å². The van der Waals surface area contributed by atoms with Crippen LogP contribution in [-0.4, -0.2) is 23.0 Å². The van der Waals surface area contributed by atoms with Crippen molar-refractivity contribution in [3.8, 4) is 0 Å². The average molecular weight is 330 g/mol. The number of methoxy groups -OCH3 is 1. The second-order valence-corrected chi connectivity index (χ2v) is 6.12. The lowest BCUT2D eigenvalue weighted by Gasteiger charge is -2.09. The summed E-state index contributed by atoms with van der Waals surface area (Å²) in [5.74, 6) is -0.349. The fourth-order valence-corrected chi connectivity index (χ4v) is 3.29. The number of aromatic nitrogens is 2. The monoisotopic (exact) mass is 330 g/mol. The fraction of sp³-hybridized carbons (Fsp3) is 0.143. The van der Waals surface area contributed by atoms with Crippen LogP contribution in [0.25, 0.3) is 21.8 Å². The fourth-order valence-electron chi connectivity index (χ4n) is 3.29. The van der Waals surface area contributed by atoms with Gasteiger partial charge in [0.05, 0.1) is 12.6 Å². The molecule has 4 rings (SSSR count). The van der Waals surface area contributed by atoms with Gasteiger partial charge in [-0.2, -0.15) is 0 Å². The van der Waals surface area contributed by atoms with Crippen molar-refractivity contribution >= 4 is 27.8 Å². The van der Waals surface area contributed by atoms with Crippen molar-refractivity contribution in [1.82, 2.24) is 9.97 Å². The lowest BCUT2D eigenvalue weighted by atomic mass is 9.99. The number of H-pyrrole nitrogens is 1. The molecule has 0 fully saturated rings. The quantitative estimate of drug-likeness (QED) is 0.566. The van der Waals surface area contributed by atoms with Crippen molar-refractivity contribution in [2.24, 2.45) is 0 Å². The van der Waals surface area contributed by atoms with Crippen molar-refractivity contribution in [2.45, 2.75) is 13.3 Å². The van der Waals surface area contributed by atoms with Crippen molar-refractivity contribution in [2.75, 3.05) is 7.11 Å². The molecule has 0 radical (unpaired) electrons. The molecule has 2 aromatic heterocycles. The van der Waals surface area contributed by atoms with Gasteiger partial charge in [0.25, 0.3) is 0 Å². The number of nitrogens with one attached hydrogen (secondary N) is 1. The van der Waals surface area contributed by atoms with Crippen molar-refractivity contribution in [3.05, 3.63) is 77.1 Å². The maximum atomic E-state index is 12.2. The summed E-state index contributed by atoms with van der Waals surface area (Å²) in [6, 6.07) is 18.1. The first-order chi connectivity index (χ1) is 12.2. The summed E-state index contributed by atoms with van der Waals surface area (Å²) in [6.07, 6.45) is 0.623. The van der Waals surface area contributed by atoms with Gasteiger partial charge < -0.3 is 9.72 Å². The van der Waals surface area contributed by atoms with Crippen LogP contribution < -0.4 is 0 Å². The van der Waals surface area contributed by atoms with Gasteiger partial charge in [0.15, 0.2) is 0 Å². The zero-order chi connectivity index (χ0) is 17.4. The predicted octanol–water partition coefficient (Wildman–Crippen LogP) is 4.40. The number of para-hydroxylation sites is 2. The maximum absolute atomic E-state index is 12.2. The molecule has 0 aliphatic carbocycles. The largest absolute Gasteiger partial charge is 0.464 e. The van der Waals surface area contributed by atoms with Crippen molar-refractivity contribution in [3.63, 3.8) is 0 Å². The Hall–Kier alpha value is -3.14. The number of carbonyl (C=O) groups excluding carboxylic acids is 1. The molecule has 0 aliphatic heterocycles. The van der Waals surface area contributed by atoms with E-state index < -0.39 is 0 Å². The van der Waals surface area contributed by atoms with Crippen LogP contribution in [0.3, 0.4) is 0 Å². The molecule has 0 aliphatic rings. The lowest BCUT2D eigenvalue weighted by molar-refractivity contribution is 0.0594. The molecule has 124 valence electrons. The van der Waals surface area contributed by atoms with E-state index in [1.54, 1.807) is 0 Å². The molecule has 0 atom stereocenters. The lowest BCUT2D eigenvalue weighted by Crippen LogP contribution is -2.06. The van der Waals surface area contributed by atoms with Gasteiger partial charge in [0.1, 0.15) is 5.69 Å². The van der Waals surface area contributed by atoms with E-state index >= 15 is 0 Å². The topological polar surface area (TPSA) is 55.0 Å². The normalized spacial score (nSPS) is 11.1. The molecule has 0 saturated carbocycles. The molecule has 0 saturated heterocycles. The van der Waals surface area contributed by atoms with Gasteiger partial charge in [-0.3, -0.25) is 4.98 Å². The molecule has 0 spiro atoms. The highest BCUT2D eigenvalue weighted by Crippen LogP contribution is 2.27. The van der Waals surface area contributed by atoms with E-state index in [2.05, 4.69) is 17.1 Å². The number of hydrogen-bond acceptors (Lipinski definition) is 3. The molecule has 4 aromatic rings. The molecular formula is C21H18N2O2. The van der Waals surface area contributed by atoms with Crippen LogP contribution in [0, 0.1) is 6.92 Å². The molecule has 2 aromatic carbocycles. The second-order valence-electron chi connectivity index (χ2n) is 6.12. The zero-order valence-corrected chi connectivity index (χ0v) is 14.2. The maximum Gasteiger partial charge on any atom is 0.354 e. The Labute approximate surface area is 145 Å². The summed E-state index contributed by atoms with van der Waals surface area (Å²) in [7, 11) is 1.40. The Kier molecular flexibility index (Phi) is 3.73. The first kappa shape index (κ1) is 15.4. The van der Waals surface area contributed by atoms with Gasteiger partial charge in [-0.25, -0.2) is 4.79 Å². The Morgan fingerprint density at radius 1 is 1.12 bits per heavy atom. The smallest absolute Gasteiger partial charge is 0.354 e. The molecule has 25 heavy (non-hydrogen) atoms. The Bertz CT molecular complexity index is 1100. The number of rotatable bonds is 3. The number of pyridine rings is 1. The molecule has 0 bridgehead atoms. The van der Waals surface area contributed by atoms with Crippen LogP contribution in [0.2, 0.25) is 0 Å². The number of aromatic amines is 1. The first-order valence-corrected chi connectivity index (χ1v) is 8.20. The third-order valence-corrected chi connectivity index (χ3v) is 4.59. The third kappa shape index (κ3) is 2.66. The Balaban J connectivity index is 1.88. The Morgan fingerprint density at radius 2 is 1.88 bits per heavy atom. The number of hydrogen-bond donors (Lipinski definition) is 1. The minimum absolute atomic E-state index is 0.349. The standard InChI is InChI=1S/C21H18N2O2/c1-13-15(11-14-7-3-5-9-18(14)22-13)12-17-16-8-4-6-10-19(16)23-20(17)21(24)25-2/h3-11,23H,12H2,1-2H3. The van der Waals surface area contributed by atoms with E-state index in [1.807, 2.05) is 49.4 Å². The van der Waals surface area contributed by atoms with Gasteiger partial charge >= 0.3 is 5.97 Å². The summed E-state index contributed by atoms with van der Waals surface area (Å²) in [4.78, 5) is 20.1. The van der Waals surface area contributed by atoms with Gasteiger partial charge in [0, 0.05) is 28.4 Å².